The minimum atomic E-state index is -0.199. The van der Waals surface area contributed by atoms with Crippen LogP contribution < -0.4 is 0 Å². The predicted octanol–water partition coefficient (Wildman–Crippen LogP) is 3.69. The van der Waals surface area contributed by atoms with Gasteiger partial charge in [0.25, 0.3) is 0 Å². The van der Waals surface area contributed by atoms with Gasteiger partial charge in [-0.2, -0.15) is 0 Å². The Morgan fingerprint density at radius 3 is 1.80 bits per heavy atom. The smallest absolute Gasteiger partial charge is 0.186 e. The van der Waals surface area contributed by atoms with E-state index in [0.29, 0.717) is 0 Å². The van der Waals surface area contributed by atoms with Crippen LogP contribution in [0.25, 0.3) is 0 Å². The molecule has 1 atom stereocenters. The Kier molecular flexibility index (Phi) is 9.02. The lowest BCUT2D eigenvalue weighted by molar-refractivity contribution is -0.118. The van der Waals surface area contributed by atoms with Gasteiger partial charge in [-0.25, -0.2) is 0 Å². The molecule has 0 spiro atoms. The van der Waals surface area contributed by atoms with Gasteiger partial charge in [0.05, 0.1) is 5.25 Å². The largest absolute Gasteiger partial charge is 0.299 e. The molecule has 0 bridgehead atoms. The Balaban J connectivity index is 0. The van der Waals surface area contributed by atoms with Gasteiger partial charge in [0.1, 0.15) is 5.78 Å². The van der Waals surface area contributed by atoms with E-state index >= 15 is 0 Å². The monoisotopic (exact) mass is 232 g/mol. The van der Waals surface area contributed by atoms with E-state index in [0.717, 1.165) is 18.2 Å². The zero-order valence-corrected chi connectivity index (χ0v) is 11.8. The predicted molar refractivity (Wildman–Crippen MR) is 68.2 cm³/mol. The summed E-state index contributed by atoms with van der Waals surface area (Å²) in [7, 11) is 0. The zero-order chi connectivity index (χ0) is 12.6. The molecule has 0 amide bonds. The summed E-state index contributed by atoms with van der Waals surface area (Å²) in [5, 5.41) is -0.184. The third-order valence-corrected chi connectivity index (χ3v) is 3.81. The SMILES string of the molecule is CC.CCC(C)(C)C(SC(C)=O)C(C)=O. The Hall–Kier alpha value is -0.310. The number of thioether (sulfide) groups is 1. The summed E-state index contributed by atoms with van der Waals surface area (Å²) < 4.78 is 0. The topological polar surface area (TPSA) is 34.1 Å². The van der Waals surface area contributed by atoms with Crippen LogP contribution in [0.3, 0.4) is 0 Å². The Labute approximate surface area is 98.2 Å². The fraction of sp³-hybridized carbons (Fsp3) is 0.833. The summed E-state index contributed by atoms with van der Waals surface area (Å²) in [6, 6.07) is 0. The molecule has 0 radical (unpaired) electrons. The second-order valence-electron chi connectivity index (χ2n) is 3.94. The number of ketones is 1. The summed E-state index contributed by atoms with van der Waals surface area (Å²) in [4.78, 5) is 22.2. The maximum Gasteiger partial charge on any atom is 0.186 e. The second kappa shape index (κ2) is 7.91. The average Bonchev–Trinajstić information content (AvgIpc) is 2.16. The van der Waals surface area contributed by atoms with Crippen LogP contribution in [0.15, 0.2) is 0 Å². The average molecular weight is 232 g/mol. The van der Waals surface area contributed by atoms with Crippen LogP contribution in [-0.4, -0.2) is 16.1 Å². The van der Waals surface area contributed by atoms with Crippen LogP contribution in [0, 0.1) is 5.41 Å². The van der Waals surface area contributed by atoms with Gasteiger partial charge in [0, 0.05) is 6.92 Å². The van der Waals surface area contributed by atoms with Crippen LogP contribution in [0.4, 0.5) is 0 Å². The van der Waals surface area contributed by atoms with Crippen molar-refractivity contribution >= 4 is 22.7 Å². The van der Waals surface area contributed by atoms with E-state index in [-0.39, 0.29) is 21.6 Å². The zero-order valence-electron chi connectivity index (χ0n) is 11.0. The molecule has 0 aliphatic heterocycles. The van der Waals surface area contributed by atoms with E-state index in [4.69, 9.17) is 0 Å². The molecule has 0 rings (SSSR count). The van der Waals surface area contributed by atoms with Crippen molar-refractivity contribution in [2.75, 3.05) is 0 Å². The molecule has 90 valence electrons. The fourth-order valence-electron chi connectivity index (χ4n) is 1.14. The molecule has 15 heavy (non-hydrogen) atoms. The number of carbonyl (C=O) groups is 2. The van der Waals surface area contributed by atoms with Gasteiger partial charge in [-0.1, -0.05) is 46.4 Å². The molecule has 2 nitrogen and oxygen atoms in total. The van der Waals surface area contributed by atoms with Gasteiger partial charge < -0.3 is 0 Å². The van der Waals surface area contributed by atoms with Gasteiger partial charge in [-0.05, 0) is 18.8 Å². The minimum absolute atomic E-state index is 0.0155. The fourth-order valence-corrected chi connectivity index (χ4v) is 2.13. The van der Waals surface area contributed by atoms with Crippen LogP contribution in [0.2, 0.25) is 0 Å². The van der Waals surface area contributed by atoms with Crippen molar-refractivity contribution in [1.82, 2.24) is 0 Å². The highest BCUT2D eigenvalue weighted by Gasteiger charge is 2.32. The molecular weight excluding hydrogens is 208 g/mol. The third-order valence-electron chi connectivity index (χ3n) is 2.27. The van der Waals surface area contributed by atoms with Crippen molar-refractivity contribution < 1.29 is 9.59 Å². The maximum absolute atomic E-state index is 11.3. The normalized spacial score (nSPS) is 12.5. The minimum Gasteiger partial charge on any atom is -0.299 e. The molecule has 0 saturated heterocycles. The lowest BCUT2D eigenvalue weighted by Gasteiger charge is -2.30. The third kappa shape index (κ3) is 6.72. The first kappa shape index (κ1) is 17.1. The first-order valence-corrected chi connectivity index (χ1v) is 6.37. The molecule has 0 aliphatic carbocycles. The van der Waals surface area contributed by atoms with Gasteiger partial charge in [0.15, 0.2) is 5.12 Å². The van der Waals surface area contributed by atoms with Crippen LogP contribution in [0.5, 0.6) is 0 Å². The summed E-state index contributed by atoms with van der Waals surface area (Å²) in [5.74, 6) is 0.0899. The van der Waals surface area contributed by atoms with Crippen molar-refractivity contribution in [1.29, 1.82) is 0 Å². The van der Waals surface area contributed by atoms with Gasteiger partial charge in [-0.3, -0.25) is 9.59 Å². The molecule has 3 heteroatoms. The molecule has 0 aromatic carbocycles. The second-order valence-corrected chi connectivity index (χ2v) is 5.22. The molecule has 0 aromatic heterocycles. The number of carbonyl (C=O) groups excluding carboxylic acids is 2. The van der Waals surface area contributed by atoms with Crippen molar-refractivity contribution in [3.63, 3.8) is 0 Å². The first-order valence-electron chi connectivity index (χ1n) is 5.49. The van der Waals surface area contributed by atoms with E-state index in [1.807, 2.05) is 34.6 Å². The highest BCUT2D eigenvalue weighted by atomic mass is 32.2. The highest BCUT2D eigenvalue weighted by Crippen LogP contribution is 2.34. The van der Waals surface area contributed by atoms with Crippen molar-refractivity contribution in [3.8, 4) is 0 Å². The Morgan fingerprint density at radius 1 is 1.20 bits per heavy atom. The van der Waals surface area contributed by atoms with Crippen LogP contribution in [0.1, 0.15) is 54.9 Å². The van der Waals surface area contributed by atoms with Gasteiger partial charge >= 0.3 is 0 Å². The van der Waals surface area contributed by atoms with Crippen LogP contribution >= 0.6 is 11.8 Å². The maximum atomic E-state index is 11.3. The summed E-state index contributed by atoms with van der Waals surface area (Å²) in [6.07, 6.45) is 0.900. The summed E-state index contributed by atoms with van der Waals surface area (Å²) in [5.41, 5.74) is -0.0951. The van der Waals surface area contributed by atoms with Crippen LogP contribution in [-0.2, 0) is 9.59 Å². The standard InChI is InChI=1S/C10H18O2S.C2H6/c1-6-10(4,5)9(7(2)11)13-8(3)12;1-2/h9H,6H2,1-5H3;1-2H3. The van der Waals surface area contributed by atoms with Gasteiger partial charge in [-0.15, -0.1) is 0 Å². The van der Waals surface area contributed by atoms with Crippen molar-refractivity contribution in [2.24, 2.45) is 5.41 Å². The number of rotatable bonds is 4. The highest BCUT2D eigenvalue weighted by molar-refractivity contribution is 8.14. The molecule has 0 N–H and O–H groups in total. The number of hydrogen-bond acceptors (Lipinski definition) is 3. The Bertz CT molecular complexity index is 210. The van der Waals surface area contributed by atoms with Crippen molar-refractivity contribution in [2.45, 2.75) is 60.1 Å². The summed E-state index contributed by atoms with van der Waals surface area (Å²) in [6.45, 7) is 13.1. The number of Topliss-reactive ketones (excluding diaryl/α,β-unsaturated/α-hetero) is 1. The lowest BCUT2D eigenvalue weighted by Crippen LogP contribution is -2.32. The first-order chi connectivity index (χ1) is 6.81. The van der Waals surface area contributed by atoms with E-state index in [9.17, 15) is 9.59 Å². The van der Waals surface area contributed by atoms with E-state index in [1.165, 1.54) is 6.92 Å². The quantitative estimate of drug-likeness (QED) is 0.741. The molecule has 0 fully saturated rings. The molecular formula is C12H24O2S. The van der Waals surface area contributed by atoms with E-state index in [1.54, 1.807) is 6.92 Å². The van der Waals surface area contributed by atoms with Crippen molar-refractivity contribution in [3.05, 3.63) is 0 Å². The molecule has 0 heterocycles. The Morgan fingerprint density at radius 2 is 1.60 bits per heavy atom. The van der Waals surface area contributed by atoms with Gasteiger partial charge in [0.2, 0.25) is 0 Å². The summed E-state index contributed by atoms with van der Waals surface area (Å²) >= 11 is 1.15. The molecule has 0 saturated carbocycles. The molecule has 0 aliphatic rings. The lowest BCUT2D eigenvalue weighted by atomic mass is 9.84. The van der Waals surface area contributed by atoms with E-state index in [2.05, 4.69) is 0 Å². The number of hydrogen-bond donors (Lipinski definition) is 0. The molecule has 1 unspecified atom stereocenters. The van der Waals surface area contributed by atoms with E-state index < -0.39 is 0 Å². The molecule has 0 aromatic rings.